The Kier molecular flexibility index (Phi) is 7.97. The van der Waals surface area contributed by atoms with Gasteiger partial charge in [-0.2, -0.15) is 13.5 Å². The lowest BCUT2D eigenvalue weighted by atomic mass is 10.1. The van der Waals surface area contributed by atoms with Crippen molar-refractivity contribution in [2.45, 2.75) is 19.9 Å². The fraction of sp³-hybridized carbons (Fsp3) is 0.261. The number of ether oxygens (including phenoxy) is 2. The van der Waals surface area contributed by atoms with Crippen molar-refractivity contribution in [1.82, 2.24) is 24.9 Å². The second kappa shape index (κ2) is 10.9. The van der Waals surface area contributed by atoms with Gasteiger partial charge in [0.15, 0.2) is 11.5 Å². The number of anilines is 2. The molecule has 11 nitrogen and oxygen atoms in total. The number of benzene rings is 1. The lowest BCUT2D eigenvalue weighted by Crippen LogP contribution is -2.21. The summed E-state index contributed by atoms with van der Waals surface area (Å²) in [6.07, 6.45) is 4.85. The molecule has 0 fully saturated rings. The Hall–Kier alpha value is -4.06. The number of pyridine rings is 1. The molecule has 4 rings (SSSR count). The molecule has 0 radical (unpaired) electrons. The maximum absolute atomic E-state index is 13.3. The van der Waals surface area contributed by atoms with Crippen LogP contribution in [0.4, 0.5) is 11.4 Å². The zero-order valence-corrected chi connectivity index (χ0v) is 20.8. The number of aromatic amines is 2. The van der Waals surface area contributed by atoms with E-state index in [0.717, 1.165) is 0 Å². The van der Waals surface area contributed by atoms with Crippen molar-refractivity contribution < 1.29 is 9.47 Å². The lowest BCUT2D eigenvalue weighted by Gasteiger charge is -2.19. The average Bonchev–Trinajstić information content (AvgIpc) is 3.26. The molecule has 0 spiro atoms. The number of rotatable bonds is 8. The summed E-state index contributed by atoms with van der Waals surface area (Å²) in [4.78, 5) is 36.7. The van der Waals surface area contributed by atoms with E-state index >= 15 is 0 Å². The van der Waals surface area contributed by atoms with E-state index in [2.05, 4.69) is 35.2 Å². The van der Waals surface area contributed by atoms with Crippen LogP contribution in [0, 0.1) is 0 Å². The second-order valence-corrected chi connectivity index (χ2v) is 7.44. The van der Waals surface area contributed by atoms with Crippen molar-refractivity contribution >= 4 is 42.1 Å². The fourth-order valence-electron chi connectivity index (χ4n) is 3.57. The minimum Gasteiger partial charge on any atom is -0.493 e. The van der Waals surface area contributed by atoms with Gasteiger partial charge in [-0.3, -0.25) is 9.79 Å². The van der Waals surface area contributed by atoms with Crippen molar-refractivity contribution in [3.8, 4) is 22.9 Å². The molecule has 5 N–H and O–H groups in total. The first-order valence-electron chi connectivity index (χ1n) is 10.7. The molecule has 12 heteroatoms. The smallest absolute Gasteiger partial charge is 0.261 e. The Morgan fingerprint density at radius 3 is 2.51 bits per heavy atom. The number of nitrogens with two attached hydrogens (primary N) is 1. The van der Waals surface area contributed by atoms with Gasteiger partial charge in [0, 0.05) is 37.3 Å². The average molecular weight is 497 g/mol. The minimum atomic E-state index is -0.381. The quantitative estimate of drug-likeness (QED) is 0.271. The summed E-state index contributed by atoms with van der Waals surface area (Å²) < 4.78 is 10.8. The zero-order valence-electron chi connectivity index (χ0n) is 19.8. The molecule has 0 amide bonds. The standard InChI is InChI=1S/C23H26N8O3.H2S/c1-5-25-11-15-19(24)20(28-12(2)21-26-7-6-8-27-21)18(23(32)31-15)22-29-13-9-16(33-3)17(34-4)10-14(13)30-22;/h6-12H,5,24H2,1-4H3,(H,29,30)(H2,28,31,32);1H2/t12-;/m0./s1. The number of hydrogen-bond donors (Lipinski definition) is 4. The Balaban J connectivity index is 0.00000342. The highest BCUT2D eigenvalue weighted by Gasteiger charge is 2.22. The molecule has 0 unspecified atom stereocenters. The first-order chi connectivity index (χ1) is 16.5. The molecule has 0 aliphatic heterocycles. The molecule has 0 saturated heterocycles. The van der Waals surface area contributed by atoms with E-state index in [1.54, 1.807) is 51.0 Å². The van der Waals surface area contributed by atoms with Gasteiger partial charge in [0.05, 0.1) is 48.4 Å². The zero-order chi connectivity index (χ0) is 24.2. The predicted molar refractivity (Wildman–Crippen MR) is 142 cm³/mol. The van der Waals surface area contributed by atoms with E-state index in [-0.39, 0.29) is 30.7 Å². The maximum Gasteiger partial charge on any atom is 0.261 e. The molecule has 1 aromatic carbocycles. The summed E-state index contributed by atoms with van der Waals surface area (Å²) in [5.74, 6) is 1.95. The van der Waals surface area contributed by atoms with Gasteiger partial charge in [0.2, 0.25) is 0 Å². The van der Waals surface area contributed by atoms with Gasteiger partial charge in [-0.05, 0) is 19.9 Å². The number of H-pyrrole nitrogens is 2. The maximum atomic E-state index is 13.3. The molecule has 0 bridgehead atoms. The van der Waals surface area contributed by atoms with Crippen LogP contribution in [-0.4, -0.2) is 51.9 Å². The molecule has 3 heterocycles. The summed E-state index contributed by atoms with van der Waals surface area (Å²) in [5, 5.41) is 3.30. The summed E-state index contributed by atoms with van der Waals surface area (Å²) in [7, 11) is 3.10. The summed E-state index contributed by atoms with van der Waals surface area (Å²) >= 11 is 0. The molecular formula is C23H28N8O3S. The van der Waals surface area contributed by atoms with Gasteiger partial charge in [-0.25, -0.2) is 15.0 Å². The van der Waals surface area contributed by atoms with Crippen LogP contribution in [0.2, 0.25) is 0 Å². The molecule has 3 aromatic heterocycles. The van der Waals surface area contributed by atoms with E-state index in [1.165, 1.54) is 0 Å². The molecule has 1 atom stereocenters. The first-order valence-corrected chi connectivity index (χ1v) is 10.7. The molecule has 0 aliphatic rings. The lowest BCUT2D eigenvalue weighted by molar-refractivity contribution is 0.356. The first kappa shape index (κ1) is 25.6. The predicted octanol–water partition coefficient (Wildman–Crippen LogP) is 3.03. The van der Waals surface area contributed by atoms with E-state index in [0.29, 0.717) is 57.8 Å². The SMILES string of the molecule is CCN=Cc1[nH]c(=O)c(-c2nc3cc(OC)c(OC)cc3[nH]2)c(N[C@@H](C)c2ncccn2)c1N.S. The van der Waals surface area contributed by atoms with E-state index < -0.39 is 0 Å². The van der Waals surface area contributed by atoms with Crippen molar-refractivity contribution in [1.29, 1.82) is 0 Å². The highest BCUT2D eigenvalue weighted by atomic mass is 32.1. The van der Waals surface area contributed by atoms with E-state index in [1.807, 2.05) is 13.8 Å². The van der Waals surface area contributed by atoms with E-state index in [9.17, 15) is 4.79 Å². The van der Waals surface area contributed by atoms with Crippen LogP contribution in [0.1, 0.15) is 31.4 Å². The normalized spacial score (nSPS) is 11.9. The van der Waals surface area contributed by atoms with E-state index in [4.69, 9.17) is 15.2 Å². The van der Waals surface area contributed by atoms with Crippen molar-refractivity contribution in [2.24, 2.45) is 4.99 Å². The fourth-order valence-corrected chi connectivity index (χ4v) is 3.57. The second-order valence-electron chi connectivity index (χ2n) is 7.44. The number of nitrogens with one attached hydrogen (secondary N) is 3. The largest absolute Gasteiger partial charge is 0.493 e. The summed E-state index contributed by atoms with van der Waals surface area (Å²) in [6.45, 7) is 4.32. The van der Waals surface area contributed by atoms with Crippen molar-refractivity contribution in [3.05, 3.63) is 52.5 Å². The van der Waals surface area contributed by atoms with Crippen molar-refractivity contribution in [3.63, 3.8) is 0 Å². The van der Waals surface area contributed by atoms with Gasteiger partial charge < -0.3 is 30.5 Å². The molecule has 4 aromatic rings. The molecule has 0 saturated carbocycles. The Morgan fingerprint density at radius 2 is 1.86 bits per heavy atom. The molecule has 35 heavy (non-hydrogen) atoms. The topological polar surface area (TPSA) is 156 Å². The number of hydrogen-bond acceptors (Lipinski definition) is 9. The van der Waals surface area contributed by atoms with Gasteiger partial charge >= 0.3 is 0 Å². The van der Waals surface area contributed by atoms with Gasteiger partial charge in [-0.1, -0.05) is 0 Å². The number of imidazole rings is 1. The third-order valence-corrected chi connectivity index (χ3v) is 5.25. The number of nitrogen functional groups attached to an aromatic ring is 1. The molecule has 184 valence electrons. The van der Waals surface area contributed by atoms with Crippen LogP contribution in [0.5, 0.6) is 11.5 Å². The number of aromatic nitrogens is 5. The number of nitrogens with zero attached hydrogens (tertiary/aromatic N) is 4. The highest BCUT2D eigenvalue weighted by molar-refractivity contribution is 7.59. The highest BCUT2D eigenvalue weighted by Crippen LogP contribution is 2.35. The van der Waals surface area contributed by atoms with Crippen LogP contribution in [0.15, 0.2) is 40.4 Å². The van der Waals surface area contributed by atoms with Gasteiger partial charge in [0.1, 0.15) is 17.2 Å². The third-order valence-electron chi connectivity index (χ3n) is 5.25. The van der Waals surface area contributed by atoms with Crippen LogP contribution in [0.25, 0.3) is 22.4 Å². The van der Waals surface area contributed by atoms with Gasteiger partial charge in [-0.15, -0.1) is 0 Å². The van der Waals surface area contributed by atoms with Gasteiger partial charge in [0.25, 0.3) is 5.56 Å². The Morgan fingerprint density at radius 1 is 1.17 bits per heavy atom. The Labute approximate surface area is 208 Å². The summed E-state index contributed by atoms with van der Waals surface area (Å²) in [5.41, 5.74) is 8.77. The summed E-state index contributed by atoms with van der Waals surface area (Å²) in [6, 6.07) is 4.89. The molecule has 0 aliphatic carbocycles. The van der Waals surface area contributed by atoms with Crippen LogP contribution in [0.3, 0.4) is 0 Å². The van der Waals surface area contributed by atoms with Crippen LogP contribution < -0.4 is 26.1 Å². The number of aliphatic imine (C=N–C) groups is 1. The minimum absolute atomic E-state index is 0. The van der Waals surface area contributed by atoms with Crippen LogP contribution in [-0.2, 0) is 0 Å². The number of fused-ring (bicyclic) bond motifs is 1. The number of methoxy groups -OCH3 is 2. The monoisotopic (exact) mass is 496 g/mol. The van der Waals surface area contributed by atoms with Crippen molar-refractivity contribution in [2.75, 3.05) is 31.8 Å². The third kappa shape index (κ3) is 5.06. The molecular weight excluding hydrogens is 468 g/mol. The van der Waals surface area contributed by atoms with Crippen LogP contribution >= 0.6 is 13.5 Å². The Bertz CT molecular complexity index is 1360.